The first-order chi connectivity index (χ1) is 7.63. The van der Waals surface area contributed by atoms with Crippen LogP contribution in [0.15, 0.2) is 22.7 Å². The molecular formula is C12H16BrFOS. The highest BCUT2D eigenvalue weighted by Gasteiger charge is 2.09. The minimum absolute atomic E-state index is 0.255. The van der Waals surface area contributed by atoms with Crippen molar-refractivity contribution < 1.29 is 9.50 Å². The first-order valence-corrected chi connectivity index (χ1v) is 7.43. The molecule has 1 unspecified atom stereocenters. The van der Waals surface area contributed by atoms with E-state index in [0.717, 1.165) is 28.6 Å². The van der Waals surface area contributed by atoms with Gasteiger partial charge in [0.25, 0.3) is 0 Å². The third-order valence-electron chi connectivity index (χ3n) is 2.35. The van der Waals surface area contributed by atoms with Crippen LogP contribution in [0, 0.1) is 5.82 Å². The van der Waals surface area contributed by atoms with Crippen LogP contribution in [-0.4, -0.2) is 23.2 Å². The molecule has 4 heteroatoms. The average Bonchev–Trinajstić information content (AvgIpc) is 2.24. The van der Waals surface area contributed by atoms with Crippen LogP contribution in [-0.2, 0) is 6.42 Å². The second-order valence-electron chi connectivity index (χ2n) is 3.73. The molecule has 90 valence electrons. The minimum Gasteiger partial charge on any atom is -0.393 e. The van der Waals surface area contributed by atoms with Gasteiger partial charge in [-0.25, -0.2) is 4.39 Å². The number of benzene rings is 1. The predicted octanol–water partition coefficient (Wildman–Crippen LogP) is 3.63. The highest BCUT2D eigenvalue weighted by molar-refractivity contribution is 9.10. The fourth-order valence-corrected chi connectivity index (χ4v) is 2.38. The van der Waals surface area contributed by atoms with Crippen LogP contribution in [0.4, 0.5) is 4.39 Å². The van der Waals surface area contributed by atoms with Gasteiger partial charge in [-0.2, -0.15) is 11.8 Å². The maximum absolute atomic E-state index is 13.0. The van der Waals surface area contributed by atoms with Crippen molar-refractivity contribution in [2.75, 3.05) is 12.0 Å². The van der Waals surface area contributed by atoms with E-state index in [1.807, 2.05) is 0 Å². The molecule has 0 aromatic heterocycles. The summed E-state index contributed by atoms with van der Waals surface area (Å²) in [6.45, 7) is 0. The van der Waals surface area contributed by atoms with E-state index < -0.39 is 0 Å². The molecule has 0 saturated heterocycles. The van der Waals surface area contributed by atoms with Crippen LogP contribution in [0.2, 0.25) is 0 Å². The summed E-state index contributed by atoms with van der Waals surface area (Å²) < 4.78 is 13.9. The van der Waals surface area contributed by atoms with Gasteiger partial charge in [-0.15, -0.1) is 0 Å². The maximum Gasteiger partial charge on any atom is 0.123 e. The van der Waals surface area contributed by atoms with Crippen LogP contribution in [0.5, 0.6) is 0 Å². The highest BCUT2D eigenvalue weighted by Crippen LogP contribution is 2.20. The lowest BCUT2D eigenvalue weighted by atomic mass is 10.0. The molecule has 1 rings (SSSR count). The van der Waals surface area contributed by atoms with E-state index in [1.165, 1.54) is 12.1 Å². The van der Waals surface area contributed by atoms with E-state index in [4.69, 9.17) is 0 Å². The van der Waals surface area contributed by atoms with Gasteiger partial charge in [-0.05, 0) is 55.0 Å². The first-order valence-electron chi connectivity index (χ1n) is 5.24. The summed E-state index contributed by atoms with van der Waals surface area (Å²) in [6.07, 6.45) is 3.94. The number of thioether (sulfide) groups is 1. The third-order valence-corrected chi connectivity index (χ3v) is 3.82. The lowest BCUT2D eigenvalue weighted by Crippen LogP contribution is -2.11. The zero-order valence-electron chi connectivity index (χ0n) is 9.25. The molecule has 0 heterocycles. The Labute approximate surface area is 109 Å². The first kappa shape index (κ1) is 14.0. The Bertz CT molecular complexity index is 333. The van der Waals surface area contributed by atoms with Gasteiger partial charge >= 0.3 is 0 Å². The van der Waals surface area contributed by atoms with Gasteiger partial charge in [0.15, 0.2) is 0 Å². The lowest BCUT2D eigenvalue weighted by Gasteiger charge is -2.11. The fourth-order valence-electron chi connectivity index (χ4n) is 1.52. The van der Waals surface area contributed by atoms with Crippen molar-refractivity contribution in [3.63, 3.8) is 0 Å². The van der Waals surface area contributed by atoms with Crippen LogP contribution in [0.1, 0.15) is 18.4 Å². The van der Waals surface area contributed by atoms with E-state index >= 15 is 0 Å². The maximum atomic E-state index is 13.0. The Hall–Kier alpha value is -0.0600. The molecule has 0 fully saturated rings. The molecule has 0 aliphatic heterocycles. The SMILES string of the molecule is CSCCCC(O)Cc1cc(F)ccc1Br. The van der Waals surface area contributed by atoms with Crippen molar-refractivity contribution in [2.24, 2.45) is 0 Å². The molecule has 1 aromatic carbocycles. The normalized spacial score (nSPS) is 12.8. The highest BCUT2D eigenvalue weighted by atomic mass is 79.9. The van der Waals surface area contributed by atoms with E-state index in [0.29, 0.717) is 6.42 Å². The third kappa shape index (κ3) is 4.85. The van der Waals surface area contributed by atoms with Crippen molar-refractivity contribution in [3.05, 3.63) is 34.1 Å². The number of hydrogen-bond donors (Lipinski definition) is 1. The summed E-state index contributed by atoms with van der Waals surface area (Å²) in [5.74, 6) is 0.802. The lowest BCUT2D eigenvalue weighted by molar-refractivity contribution is 0.164. The van der Waals surface area contributed by atoms with Crippen molar-refractivity contribution in [1.82, 2.24) is 0 Å². The Kier molecular flexibility index (Phi) is 6.39. The molecule has 0 radical (unpaired) electrons. The van der Waals surface area contributed by atoms with Crippen molar-refractivity contribution >= 4 is 27.7 Å². The zero-order chi connectivity index (χ0) is 12.0. The van der Waals surface area contributed by atoms with Crippen molar-refractivity contribution in [1.29, 1.82) is 0 Å². The predicted molar refractivity (Wildman–Crippen MR) is 71.4 cm³/mol. The van der Waals surface area contributed by atoms with Gasteiger partial charge in [0.1, 0.15) is 5.82 Å². The molecule has 0 aliphatic carbocycles. The van der Waals surface area contributed by atoms with Gasteiger partial charge < -0.3 is 5.11 Å². The van der Waals surface area contributed by atoms with E-state index in [9.17, 15) is 9.50 Å². The minimum atomic E-state index is -0.384. The van der Waals surface area contributed by atoms with E-state index in [2.05, 4.69) is 22.2 Å². The van der Waals surface area contributed by atoms with Crippen LogP contribution < -0.4 is 0 Å². The van der Waals surface area contributed by atoms with Gasteiger partial charge in [-0.1, -0.05) is 15.9 Å². The number of hydrogen-bond acceptors (Lipinski definition) is 2. The number of aliphatic hydroxyl groups excluding tert-OH is 1. The summed E-state index contributed by atoms with van der Waals surface area (Å²) in [7, 11) is 0. The molecule has 1 atom stereocenters. The smallest absolute Gasteiger partial charge is 0.123 e. The van der Waals surface area contributed by atoms with E-state index in [1.54, 1.807) is 17.8 Å². The molecule has 0 bridgehead atoms. The van der Waals surface area contributed by atoms with Gasteiger partial charge in [-0.3, -0.25) is 0 Å². The van der Waals surface area contributed by atoms with Crippen LogP contribution >= 0.6 is 27.7 Å². The van der Waals surface area contributed by atoms with Crippen molar-refractivity contribution in [2.45, 2.75) is 25.4 Å². The number of aliphatic hydroxyl groups is 1. The molecule has 1 N–H and O–H groups in total. The summed E-state index contributed by atoms with van der Waals surface area (Å²) in [4.78, 5) is 0. The molecule has 0 amide bonds. The van der Waals surface area contributed by atoms with Crippen LogP contribution in [0.3, 0.4) is 0 Å². The molecular weight excluding hydrogens is 291 g/mol. The largest absolute Gasteiger partial charge is 0.393 e. The Balaban J connectivity index is 2.48. The van der Waals surface area contributed by atoms with Crippen molar-refractivity contribution in [3.8, 4) is 0 Å². The molecule has 16 heavy (non-hydrogen) atoms. The summed E-state index contributed by atoms with van der Waals surface area (Å²) in [5, 5.41) is 9.79. The summed E-state index contributed by atoms with van der Waals surface area (Å²) in [5.41, 5.74) is 0.830. The van der Waals surface area contributed by atoms with Gasteiger partial charge in [0.2, 0.25) is 0 Å². The van der Waals surface area contributed by atoms with Crippen LogP contribution in [0.25, 0.3) is 0 Å². The zero-order valence-corrected chi connectivity index (χ0v) is 11.7. The Morgan fingerprint density at radius 3 is 2.94 bits per heavy atom. The molecule has 0 saturated carbocycles. The Morgan fingerprint density at radius 2 is 2.25 bits per heavy atom. The summed E-state index contributed by atoms with van der Waals surface area (Å²) in [6, 6.07) is 4.56. The average molecular weight is 307 g/mol. The van der Waals surface area contributed by atoms with Gasteiger partial charge in [0, 0.05) is 4.47 Å². The number of rotatable bonds is 6. The molecule has 1 nitrogen and oxygen atoms in total. The molecule has 0 aliphatic rings. The second kappa shape index (κ2) is 7.30. The Morgan fingerprint density at radius 1 is 1.50 bits per heavy atom. The summed E-state index contributed by atoms with van der Waals surface area (Å²) >= 11 is 5.13. The standard InChI is InChI=1S/C12H16BrFOS/c1-16-6-2-3-11(15)8-9-7-10(14)4-5-12(9)13/h4-5,7,11,15H,2-3,6,8H2,1H3. The second-order valence-corrected chi connectivity index (χ2v) is 5.57. The molecule has 0 spiro atoms. The number of halogens is 2. The van der Waals surface area contributed by atoms with Gasteiger partial charge in [0.05, 0.1) is 6.10 Å². The van der Waals surface area contributed by atoms with E-state index in [-0.39, 0.29) is 11.9 Å². The fraction of sp³-hybridized carbons (Fsp3) is 0.500. The quantitative estimate of drug-likeness (QED) is 0.810. The monoisotopic (exact) mass is 306 g/mol. The topological polar surface area (TPSA) is 20.2 Å². The molecule has 1 aromatic rings.